The third-order valence-corrected chi connectivity index (χ3v) is 2.79. The van der Waals surface area contributed by atoms with E-state index in [1.165, 1.54) is 0 Å². The molecule has 6 heteroatoms. The van der Waals surface area contributed by atoms with Crippen LogP contribution in [0.1, 0.15) is 32.6 Å². The lowest BCUT2D eigenvalue weighted by Crippen LogP contribution is -2.40. The largest absolute Gasteiger partial charge is 0.450 e. The van der Waals surface area contributed by atoms with Crippen LogP contribution in [0.2, 0.25) is 0 Å². The average Bonchev–Trinajstić information content (AvgIpc) is 2.17. The smallest absolute Gasteiger partial charge is 0.407 e. The maximum atomic E-state index is 12.3. The summed E-state index contributed by atoms with van der Waals surface area (Å²) < 4.78 is 41.7. The molecule has 1 rings (SSSR count). The van der Waals surface area contributed by atoms with E-state index in [-0.39, 0.29) is 25.5 Å². The van der Waals surface area contributed by atoms with Gasteiger partial charge in [-0.2, -0.15) is 13.2 Å². The summed E-state index contributed by atoms with van der Waals surface area (Å²) in [6, 6.07) is -0.183. The van der Waals surface area contributed by atoms with E-state index in [2.05, 4.69) is 10.1 Å². The Labute approximate surface area is 92.3 Å². The van der Waals surface area contributed by atoms with Crippen LogP contribution in [0.4, 0.5) is 18.0 Å². The number of alkyl halides is 3. The summed E-state index contributed by atoms with van der Waals surface area (Å²) in [4.78, 5) is 11.0. The fraction of sp³-hybridized carbons (Fsp3) is 0.900. The van der Waals surface area contributed by atoms with E-state index in [0.717, 1.165) is 0 Å². The highest BCUT2D eigenvalue weighted by molar-refractivity contribution is 5.67. The van der Waals surface area contributed by atoms with Crippen LogP contribution in [-0.2, 0) is 4.74 Å². The minimum Gasteiger partial charge on any atom is -0.450 e. The van der Waals surface area contributed by atoms with Gasteiger partial charge in [0.25, 0.3) is 0 Å². The zero-order valence-electron chi connectivity index (χ0n) is 9.14. The van der Waals surface area contributed by atoms with Gasteiger partial charge >= 0.3 is 12.3 Å². The minimum atomic E-state index is -4.10. The first kappa shape index (κ1) is 13.1. The SMILES string of the molecule is CCOC(=O)NC1CCC(C(F)(F)F)CC1. The molecule has 0 heterocycles. The van der Waals surface area contributed by atoms with Gasteiger partial charge in [0.1, 0.15) is 0 Å². The second-order valence-corrected chi connectivity index (χ2v) is 3.95. The molecule has 0 radical (unpaired) electrons. The van der Waals surface area contributed by atoms with Gasteiger partial charge in [-0.05, 0) is 32.6 Å². The number of rotatable bonds is 2. The maximum Gasteiger partial charge on any atom is 0.407 e. The van der Waals surface area contributed by atoms with Crippen LogP contribution < -0.4 is 5.32 Å². The maximum absolute atomic E-state index is 12.3. The van der Waals surface area contributed by atoms with Crippen molar-refractivity contribution in [2.45, 2.75) is 44.8 Å². The first-order chi connectivity index (χ1) is 7.43. The highest BCUT2D eigenvalue weighted by Crippen LogP contribution is 2.37. The molecule has 0 atom stereocenters. The van der Waals surface area contributed by atoms with Crippen LogP contribution >= 0.6 is 0 Å². The summed E-state index contributed by atoms with van der Waals surface area (Å²) in [6.07, 6.45) is -3.75. The quantitative estimate of drug-likeness (QED) is 0.804. The summed E-state index contributed by atoms with van der Waals surface area (Å²) in [6.45, 7) is 1.95. The molecule has 1 fully saturated rings. The van der Waals surface area contributed by atoms with Crippen molar-refractivity contribution in [2.75, 3.05) is 6.61 Å². The molecule has 1 saturated carbocycles. The topological polar surface area (TPSA) is 38.3 Å². The van der Waals surface area contributed by atoms with Crippen LogP contribution in [0.5, 0.6) is 0 Å². The molecule has 0 bridgehead atoms. The van der Waals surface area contributed by atoms with Gasteiger partial charge in [0.05, 0.1) is 12.5 Å². The van der Waals surface area contributed by atoms with Crippen molar-refractivity contribution in [2.24, 2.45) is 5.92 Å². The Morgan fingerprint density at radius 3 is 2.31 bits per heavy atom. The number of hydrogen-bond donors (Lipinski definition) is 1. The zero-order chi connectivity index (χ0) is 12.2. The van der Waals surface area contributed by atoms with Gasteiger partial charge in [-0.15, -0.1) is 0 Å². The van der Waals surface area contributed by atoms with Gasteiger partial charge < -0.3 is 10.1 Å². The predicted octanol–water partition coefficient (Wildman–Crippen LogP) is 2.85. The molecule has 0 saturated heterocycles. The van der Waals surface area contributed by atoms with Crippen LogP contribution in [0.25, 0.3) is 0 Å². The number of amides is 1. The standard InChI is InChI=1S/C10H16F3NO2/c1-2-16-9(15)14-8-5-3-7(4-6-8)10(11,12)13/h7-8H,2-6H2,1H3,(H,14,15). The van der Waals surface area contributed by atoms with Crippen LogP contribution in [0.3, 0.4) is 0 Å². The average molecular weight is 239 g/mol. The summed E-state index contributed by atoms with van der Waals surface area (Å²) in [5, 5.41) is 2.56. The number of carbonyl (C=O) groups is 1. The lowest BCUT2D eigenvalue weighted by atomic mass is 9.86. The van der Waals surface area contributed by atoms with E-state index in [9.17, 15) is 18.0 Å². The number of alkyl carbamates (subject to hydrolysis) is 1. The van der Waals surface area contributed by atoms with Gasteiger partial charge in [0.2, 0.25) is 0 Å². The highest BCUT2D eigenvalue weighted by atomic mass is 19.4. The number of halogens is 3. The second kappa shape index (κ2) is 5.41. The van der Waals surface area contributed by atoms with E-state index in [4.69, 9.17) is 0 Å². The van der Waals surface area contributed by atoms with E-state index in [0.29, 0.717) is 12.8 Å². The van der Waals surface area contributed by atoms with Gasteiger partial charge in [0, 0.05) is 6.04 Å². The predicted molar refractivity (Wildman–Crippen MR) is 52.0 cm³/mol. The summed E-state index contributed by atoms with van der Waals surface area (Å²) in [5.74, 6) is -1.22. The van der Waals surface area contributed by atoms with Crippen LogP contribution in [0.15, 0.2) is 0 Å². The van der Waals surface area contributed by atoms with Crippen molar-refractivity contribution in [3.63, 3.8) is 0 Å². The zero-order valence-corrected chi connectivity index (χ0v) is 9.14. The molecule has 1 amide bonds. The molecule has 0 aromatic rings. The minimum absolute atomic E-state index is 0.0839. The molecule has 1 aliphatic rings. The number of ether oxygens (including phenoxy) is 1. The number of nitrogens with one attached hydrogen (secondary N) is 1. The van der Waals surface area contributed by atoms with E-state index in [1.807, 2.05) is 0 Å². The Kier molecular flexibility index (Phi) is 4.44. The van der Waals surface area contributed by atoms with Crippen molar-refractivity contribution in [3.8, 4) is 0 Å². The third kappa shape index (κ3) is 3.90. The van der Waals surface area contributed by atoms with E-state index in [1.54, 1.807) is 6.92 Å². The molecule has 0 aromatic heterocycles. The molecule has 0 aromatic carbocycles. The summed E-state index contributed by atoms with van der Waals surface area (Å²) in [5.41, 5.74) is 0. The Morgan fingerprint density at radius 2 is 1.88 bits per heavy atom. The fourth-order valence-corrected chi connectivity index (χ4v) is 1.90. The summed E-state index contributed by atoms with van der Waals surface area (Å²) in [7, 11) is 0. The molecule has 16 heavy (non-hydrogen) atoms. The fourth-order valence-electron chi connectivity index (χ4n) is 1.90. The molecular weight excluding hydrogens is 223 g/mol. The molecular formula is C10H16F3NO2. The molecule has 3 nitrogen and oxygen atoms in total. The molecule has 0 spiro atoms. The van der Waals surface area contributed by atoms with Crippen molar-refractivity contribution < 1.29 is 22.7 Å². The molecule has 1 aliphatic carbocycles. The first-order valence-electron chi connectivity index (χ1n) is 5.43. The van der Waals surface area contributed by atoms with Crippen molar-refractivity contribution in [1.29, 1.82) is 0 Å². The third-order valence-electron chi connectivity index (χ3n) is 2.79. The van der Waals surface area contributed by atoms with E-state index < -0.39 is 18.2 Å². The Balaban J connectivity index is 2.30. The first-order valence-corrected chi connectivity index (χ1v) is 5.43. The molecule has 0 aliphatic heterocycles. The highest BCUT2D eigenvalue weighted by Gasteiger charge is 2.41. The second-order valence-electron chi connectivity index (χ2n) is 3.95. The van der Waals surface area contributed by atoms with Gasteiger partial charge in [-0.25, -0.2) is 4.79 Å². The number of carbonyl (C=O) groups excluding carboxylic acids is 1. The monoisotopic (exact) mass is 239 g/mol. The Hall–Kier alpha value is -0.940. The Morgan fingerprint density at radius 1 is 1.31 bits per heavy atom. The van der Waals surface area contributed by atoms with Crippen molar-refractivity contribution in [1.82, 2.24) is 5.32 Å². The van der Waals surface area contributed by atoms with Gasteiger partial charge in [-0.3, -0.25) is 0 Å². The van der Waals surface area contributed by atoms with Gasteiger partial charge in [-0.1, -0.05) is 0 Å². The van der Waals surface area contributed by atoms with Gasteiger partial charge in [0.15, 0.2) is 0 Å². The van der Waals surface area contributed by atoms with Crippen molar-refractivity contribution >= 4 is 6.09 Å². The normalized spacial score (nSPS) is 26.2. The Bertz CT molecular complexity index is 235. The van der Waals surface area contributed by atoms with E-state index >= 15 is 0 Å². The van der Waals surface area contributed by atoms with Crippen molar-refractivity contribution in [3.05, 3.63) is 0 Å². The lowest BCUT2D eigenvalue weighted by Gasteiger charge is -2.29. The molecule has 0 unspecified atom stereocenters. The molecule has 1 N–H and O–H groups in total. The van der Waals surface area contributed by atoms with Crippen LogP contribution in [0, 0.1) is 5.92 Å². The van der Waals surface area contributed by atoms with Crippen LogP contribution in [-0.4, -0.2) is 24.9 Å². The molecule has 94 valence electrons. The number of hydrogen-bond acceptors (Lipinski definition) is 2. The lowest BCUT2D eigenvalue weighted by molar-refractivity contribution is -0.182. The summed E-state index contributed by atoms with van der Waals surface area (Å²) >= 11 is 0.